The van der Waals surface area contributed by atoms with E-state index in [1.807, 2.05) is 6.08 Å². The Labute approximate surface area is 142 Å². The number of hydrogen-bond donors (Lipinski definition) is 2. The Morgan fingerprint density at radius 1 is 1.42 bits per heavy atom. The minimum Gasteiger partial charge on any atom is -0.459 e. The second kappa shape index (κ2) is 7.21. The van der Waals surface area contributed by atoms with Gasteiger partial charge in [0.2, 0.25) is 5.60 Å². The number of aliphatic hydroxyl groups is 2. The maximum Gasteiger partial charge on any atom is 0.342 e. The summed E-state index contributed by atoms with van der Waals surface area (Å²) in [5, 5.41) is 20.8. The van der Waals surface area contributed by atoms with E-state index in [1.165, 1.54) is 13.8 Å². The highest BCUT2D eigenvalue weighted by atomic mass is 16.6. The average molecular weight is 341 g/mol. The second-order valence-corrected chi connectivity index (χ2v) is 6.88. The third kappa shape index (κ3) is 3.48. The summed E-state index contributed by atoms with van der Waals surface area (Å²) in [6.07, 6.45) is 1.18. The molecular formula is C17H27NO6. The zero-order valence-electron chi connectivity index (χ0n) is 14.7. The van der Waals surface area contributed by atoms with Crippen LogP contribution < -0.4 is 0 Å². The van der Waals surface area contributed by atoms with Crippen LogP contribution in [0.4, 0.5) is 0 Å². The van der Waals surface area contributed by atoms with Crippen molar-refractivity contribution in [3.05, 3.63) is 11.6 Å². The number of ether oxygens (including phenoxy) is 2. The van der Waals surface area contributed by atoms with Gasteiger partial charge in [-0.25, -0.2) is 4.79 Å². The number of fused-ring (bicyclic) bond motifs is 1. The van der Waals surface area contributed by atoms with E-state index in [-0.39, 0.29) is 12.6 Å². The van der Waals surface area contributed by atoms with Gasteiger partial charge in [-0.15, -0.1) is 0 Å². The van der Waals surface area contributed by atoms with Crippen molar-refractivity contribution in [3.8, 4) is 0 Å². The lowest BCUT2D eigenvalue weighted by molar-refractivity contribution is -0.192. The van der Waals surface area contributed by atoms with E-state index in [4.69, 9.17) is 9.47 Å². The monoisotopic (exact) mass is 341 g/mol. The topological polar surface area (TPSA) is 96.3 Å². The summed E-state index contributed by atoms with van der Waals surface area (Å²) in [6.45, 7) is 7.59. The summed E-state index contributed by atoms with van der Waals surface area (Å²) in [6, 6.07) is -0.115. The predicted octanol–water partition coefficient (Wildman–Crippen LogP) is 0.244. The molecule has 0 saturated carbocycles. The fourth-order valence-corrected chi connectivity index (χ4v) is 3.50. The lowest BCUT2D eigenvalue weighted by Gasteiger charge is -2.34. The van der Waals surface area contributed by atoms with Crippen molar-refractivity contribution in [2.45, 2.75) is 58.0 Å². The van der Waals surface area contributed by atoms with Crippen LogP contribution in [0.1, 0.15) is 34.1 Å². The lowest BCUT2D eigenvalue weighted by atomic mass is 9.85. The molecule has 7 nitrogen and oxygen atoms in total. The van der Waals surface area contributed by atoms with E-state index in [1.54, 1.807) is 13.8 Å². The largest absolute Gasteiger partial charge is 0.459 e. The Bertz CT molecular complexity index is 531. The van der Waals surface area contributed by atoms with Gasteiger partial charge in [-0.2, -0.15) is 0 Å². The molecule has 0 bridgehead atoms. The summed E-state index contributed by atoms with van der Waals surface area (Å²) in [5.74, 6) is -1.89. The van der Waals surface area contributed by atoms with Crippen LogP contribution in [-0.4, -0.2) is 70.6 Å². The highest BCUT2D eigenvalue weighted by Crippen LogP contribution is 2.30. The minimum atomic E-state index is -1.92. The van der Waals surface area contributed by atoms with Crippen LogP contribution in [0.2, 0.25) is 0 Å². The number of carbonyl (C=O) groups excluding carboxylic acids is 2. The quantitative estimate of drug-likeness (QED) is 0.528. The second-order valence-electron chi connectivity index (χ2n) is 6.88. The molecule has 1 saturated heterocycles. The van der Waals surface area contributed by atoms with Gasteiger partial charge in [-0.05, 0) is 24.8 Å². The van der Waals surface area contributed by atoms with Crippen LogP contribution in [0.25, 0.3) is 0 Å². The van der Waals surface area contributed by atoms with E-state index in [9.17, 15) is 19.8 Å². The maximum absolute atomic E-state index is 12.5. The molecule has 0 spiro atoms. The van der Waals surface area contributed by atoms with Gasteiger partial charge in [0.05, 0.1) is 12.1 Å². The highest BCUT2D eigenvalue weighted by Gasteiger charge is 2.48. The van der Waals surface area contributed by atoms with Crippen molar-refractivity contribution in [1.29, 1.82) is 0 Å². The molecular weight excluding hydrogens is 314 g/mol. The van der Waals surface area contributed by atoms with Gasteiger partial charge in [0.25, 0.3) is 0 Å². The highest BCUT2D eigenvalue weighted by molar-refractivity contribution is 5.81. The average Bonchev–Trinajstić information content (AvgIpc) is 3.06. The van der Waals surface area contributed by atoms with Crippen LogP contribution in [0, 0.1) is 5.92 Å². The summed E-state index contributed by atoms with van der Waals surface area (Å²) in [4.78, 5) is 25.8. The van der Waals surface area contributed by atoms with Crippen molar-refractivity contribution >= 4 is 11.9 Å². The molecule has 2 aliphatic rings. The smallest absolute Gasteiger partial charge is 0.342 e. The molecule has 0 aromatic rings. The number of nitrogens with zero attached hydrogens (tertiary/aromatic N) is 1. The van der Waals surface area contributed by atoms with E-state index in [0.29, 0.717) is 6.42 Å². The van der Waals surface area contributed by atoms with Crippen molar-refractivity contribution in [3.63, 3.8) is 0 Å². The third-order valence-electron chi connectivity index (χ3n) is 4.98. The molecule has 2 heterocycles. The van der Waals surface area contributed by atoms with Gasteiger partial charge >= 0.3 is 11.9 Å². The molecule has 2 N–H and O–H groups in total. The van der Waals surface area contributed by atoms with Gasteiger partial charge < -0.3 is 19.7 Å². The molecule has 1 fully saturated rings. The number of rotatable bonds is 6. The fraction of sp³-hybridized carbons (Fsp3) is 0.765. The molecule has 0 aromatic carbocycles. The first-order valence-corrected chi connectivity index (χ1v) is 8.35. The van der Waals surface area contributed by atoms with Gasteiger partial charge in [-0.1, -0.05) is 19.9 Å². The minimum absolute atomic E-state index is 0.0128. The normalized spacial score (nSPS) is 27.4. The number of esters is 2. The lowest BCUT2D eigenvalue weighted by Crippen LogP contribution is -2.55. The zero-order valence-corrected chi connectivity index (χ0v) is 14.7. The molecule has 2 aliphatic heterocycles. The number of aliphatic hydroxyl groups excluding tert-OH is 1. The first-order chi connectivity index (χ1) is 11.2. The SMILES string of the molecule is CC(=O)O[C@H](C)[C@@](O)(C(=O)OCC1=CCN2CC[C@H](O)[C@H]12)C(C)C. The van der Waals surface area contributed by atoms with Gasteiger partial charge in [0, 0.05) is 20.0 Å². The third-order valence-corrected chi connectivity index (χ3v) is 4.98. The molecule has 0 amide bonds. The van der Waals surface area contributed by atoms with Crippen LogP contribution in [0.5, 0.6) is 0 Å². The van der Waals surface area contributed by atoms with Crippen molar-refractivity contribution in [2.24, 2.45) is 5.92 Å². The molecule has 0 unspecified atom stereocenters. The van der Waals surface area contributed by atoms with Crippen molar-refractivity contribution < 1.29 is 29.3 Å². The van der Waals surface area contributed by atoms with Crippen LogP contribution in [0.3, 0.4) is 0 Å². The molecule has 136 valence electrons. The molecule has 0 aliphatic carbocycles. The molecule has 0 aromatic heterocycles. The molecule has 0 radical (unpaired) electrons. The number of carbonyl (C=O) groups is 2. The van der Waals surface area contributed by atoms with E-state index in [0.717, 1.165) is 18.7 Å². The summed E-state index contributed by atoms with van der Waals surface area (Å²) in [7, 11) is 0. The van der Waals surface area contributed by atoms with Crippen LogP contribution in [0.15, 0.2) is 11.6 Å². The molecule has 24 heavy (non-hydrogen) atoms. The Hall–Kier alpha value is -1.44. The Morgan fingerprint density at radius 3 is 2.67 bits per heavy atom. The summed E-state index contributed by atoms with van der Waals surface area (Å²) in [5.41, 5.74) is -1.07. The predicted molar refractivity (Wildman–Crippen MR) is 86.0 cm³/mol. The van der Waals surface area contributed by atoms with Crippen molar-refractivity contribution in [1.82, 2.24) is 4.90 Å². The molecule has 7 heteroatoms. The van der Waals surface area contributed by atoms with E-state index >= 15 is 0 Å². The Balaban J connectivity index is 2.02. The van der Waals surface area contributed by atoms with E-state index in [2.05, 4.69) is 4.90 Å². The fourth-order valence-electron chi connectivity index (χ4n) is 3.50. The van der Waals surface area contributed by atoms with Gasteiger partial charge in [0.1, 0.15) is 12.7 Å². The standard InChI is InChI=1S/C17H27NO6/c1-10(2)17(22,11(3)24-12(4)19)16(21)23-9-13-5-7-18-8-6-14(20)15(13)18/h5,10-11,14-15,20,22H,6-9H2,1-4H3/t11-,14+,15+,17-/m1/s1. The van der Waals surface area contributed by atoms with Gasteiger partial charge in [-0.3, -0.25) is 9.69 Å². The zero-order chi connectivity index (χ0) is 18.1. The van der Waals surface area contributed by atoms with E-state index < -0.39 is 35.7 Å². The number of hydrogen-bond acceptors (Lipinski definition) is 7. The summed E-state index contributed by atoms with van der Waals surface area (Å²) < 4.78 is 10.3. The van der Waals surface area contributed by atoms with Crippen LogP contribution >= 0.6 is 0 Å². The van der Waals surface area contributed by atoms with Crippen LogP contribution in [-0.2, 0) is 19.1 Å². The summed E-state index contributed by atoms with van der Waals surface area (Å²) >= 11 is 0. The van der Waals surface area contributed by atoms with Gasteiger partial charge in [0.15, 0.2) is 0 Å². The Morgan fingerprint density at radius 2 is 2.08 bits per heavy atom. The first kappa shape index (κ1) is 18.9. The molecule has 4 atom stereocenters. The Kier molecular flexibility index (Phi) is 5.67. The van der Waals surface area contributed by atoms with Crippen molar-refractivity contribution in [2.75, 3.05) is 19.7 Å². The molecule has 2 rings (SSSR count). The first-order valence-electron chi connectivity index (χ1n) is 8.35. The maximum atomic E-state index is 12.5.